The second kappa shape index (κ2) is 7.57. The van der Waals surface area contributed by atoms with E-state index in [2.05, 4.69) is 48.3 Å². The molecule has 2 unspecified atom stereocenters. The Labute approximate surface area is 181 Å². The molecular formula is C26H25FN2O2. The zero-order valence-corrected chi connectivity index (χ0v) is 17.5. The van der Waals surface area contributed by atoms with E-state index in [1.165, 1.54) is 23.3 Å². The summed E-state index contributed by atoms with van der Waals surface area (Å²) < 4.78 is 13.2. The fourth-order valence-corrected chi connectivity index (χ4v) is 5.29. The third-order valence-corrected chi connectivity index (χ3v) is 6.86. The molecule has 1 spiro atoms. The fourth-order valence-electron chi connectivity index (χ4n) is 5.29. The van der Waals surface area contributed by atoms with Crippen molar-refractivity contribution in [3.05, 3.63) is 89.0 Å². The third-order valence-electron chi connectivity index (χ3n) is 6.86. The Kier molecular flexibility index (Phi) is 4.86. The molecule has 1 aromatic heterocycles. The van der Waals surface area contributed by atoms with E-state index in [9.17, 15) is 14.3 Å². The maximum absolute atomic E-state index is 13.2. The van der Waals surface area contributed by atoms with Crippen molar-refractivity contribution in [3.8, 4) is 11.1 Å². The van der Waals surface area contributed by atoms with Gasteiger partial charge >= 0.3 is 0 Å². The molecule has 1 amide bonds. The highest BCUT2D eigenvalue weighted by Gasteiger charge is 2.48. The number of aliphatic hydroxyl groups is 1. The molecule has 5 heteroatoms. The van der Waals surface area contributed by atoms with Gasteiger partial charge < -0.3 is 10.0 Å². The number of amides is 1. The Bertz CT molecular complexity index is 1140. The standard InChI is InChI=1S/C26H25FN2O2/c1-2-17-5-3-4-6-20(17)18-7-9-22-21(13-18)24(30)14-26(22)11-12-29(16-26)25(31)23-10-8-19(27)15-28-23/h3-10,13,15,24,30H,2,11-12,14,16H2,1H3. The van der Waals surface area contributed by atoms with Crippen LogP contribution in [-0.4, -0.2) is 34.0 Å². The van der Waals surface area contributed by atoms with E-state index >= 15 is 0 Å². The van der Waals surface area contributed by atoms with Crippen molar-refractivity contribution < 1.29 is 14.3 Å². The molecule has 3 aromatic rings. The first kappa shape index (κ1) is 19.9. The predicted molar refractivity (Wildman–Crippen MR) is 117 cm³/mol. The van der Waals surface area contributed by atoms with Crippen molar-refractivity contribution in [2.45, 2.75) is 37.7 Å². The summed E-state index contributed by atoms with van der Waals surface area (Å²) in [4.78, 5) is 18.6. The lowest BCUT2D eigenvalue weighted by Crippen LogP contribution is -2.33. The molecule has 1 fully saturated rings. The number of aryl methyl sites for hydroxylation is 1. The molecule has 1 aliphatic heterocycles. The number of likely N-dealkylation sites (tertiary alicyclic amines) is 1. The van der Waals surface area contributed by atoms with Crippen molar-refractivity contribution in [1.82, 2.24) is 9.88 Å². The minimum atomic E-state index is -0.539. The number of halogens is 1. The fraction of sp³-hybridized carbons (Fsp3) is 0.308. The van der Waals surface area contributed by atoms with Crippen LogP contribution in [0.1, 0.15) is 53.0 Å². The van der Waals surface area contributed by atoms with Gasteiger partial charge in [0.05, 0.1) is 12.3 Å². The van der Waals surface area contributed by atoms with E-state index < -0.39 is 11.9 Å². The van der Waals surface area contributed by atoms with E-state index in [0.29, 0.717) is 19.5 Å². The number of aliphatic hydroxyl groups excluding tert-OH is 1. The average molecular weight is 416 g/mol. The zero-order valence-electron chi connectivity index (χ0n) is 17.5. The second-order valence-electron chi connectivity index (χ2n) is 8.65. The molecular weight excluding hydrogens is 391 g/mol. The number of hydrogen-bond acceptors (Lipinski definition) is 3. The smallest absolute Gasteiger partial charge is 0.272 e. The van der Waals surface area contributed by atoms with Crippen molar-refractivity contribution in [3.63, 3.8) is 0 Å². The number of nitrogens with zero attached hydrogens (tertiary/aromatic N) is 2. The van der Waals surface area contributed by atoms with Gasteiger partial charge in [0.25, 0.3) is 5.91 Å². The summed E-state index contributed by atoms with van der Waals surface area (Å²) in [5, 5.41) is 10.9. The molecule has 0 saturated carbocycles. The second-order valence-corrected chi connectivity index (χ2v) is 8.65. The average Bonchev–Trinajstić information content (AvgIpc) is 3.34. The summed E-state index contributed by atoms with van der Waals surface area (Å²) >= 11 is 0. The number of pyridine rings is 1. The summed E-state index contributed by atoms with van der Waals surface area (Å²) in [7, 11) is 0. The van der Waals surface area contributed by atoms with Crippen LogP contribution in [0.3, 0.4) is 0 Å². The van der Waals surface area contributed by atoms with E-state index in [4.69, 9.17) is 0 Å². The highest BCUT2D eigenvalue weighted by Crippen LogP contribution is 2.51. The lowest BCUT2D eigenvalue weighted by molar-refractivity contribution is 0.0770. The molecule has 2 heterocycles. The molecule has 1 saturated heterocycles. The number of aromatic nitrogens is 1. The lowest BCUT2D eigenvalue weighted by Gasteiger charge is -2.25. The molecule has 0 radical (unpaired) electrons. The lowest BCUT2D eigenvalue weighted by atomic mass is 9.80. The maximum atomic E-state index is 13.2. The molecule has 5 rings (SSSR count). The number of carbonyl (C=O) groups excluding carboxylic acids is 1. The van der Waals surface area contributed by atoms with Crippen LogP contribution in [-0.2, 0) is 11.8 Å². The number of fused-ring (bicyclic) bond motifs is 2. The quantitative estimate of drug-likeness (QED) is 0.675. The van der Waals surface area contributed by atoms with Crippen LogP contribution < -0.4 is 0 Å². The summed E-state index contributed by atoms with van der Waals surface area (Å²) in [6.45, 7) is 3.29. The number of hydrogen-bond donors (Lipinski definition) is 1. The normalized spacial score (nSPS) is 22.2. The van der Waals surface area contributed by atoms with Gasteiger partial charge in [-0.15, -0.1) is 0 Å². The van der Waals surface area contributed by atoms with Crippen molar-refractivity contribution in [2.24, 2.45) is 0 Å². The van der Waals surface area contributed by atoms with Gasteiger partial charge in [0.2, 0.25) is 0 Å². The predicted octanol–water partition coefficient (Wildman–Crippen LogP) is 4.67. The number of carbonyl (C=O) groups is 1. The van der Waals surface area contributed by atoms with E-state index in [1.54, 1.807) is 4.90 Å². The van der Waals surface area contributed by atoms with Gasteiger partial charge in [-0.05, 0) is 65.3 Å². The molecule has 2 atom stereocenters. The van der Waals surface area contributed by atoms with Gasteiger partial charge in [-0.3, -0.25) is 4.79 Å². The Morgan fingerprint density at radius 2 is 2.06 bits per heavy atom. The van der Waals surface area contributed by atoms with Crippen LogP contribution in [0.25, 0.3) is 11.1 Å². The summed E-state index contributed by atoms with van der Waals surface area (Å²) in [6, 6.07) is 17.5. The SMILES string of the molecule is CCc1ccccc1-c1ccc2c(c1)C(O)CC21CCN(C(=O)c2ccc(F)cn2)C1. The molecule has 158 valence electrons. The van der Waals surface area contributed by atoms with Gasteiger partial charge in [0.15, 0.2) is 0 Å². The molecule has 4 nitrogen and oxygen atoms in total. The van der Waals surface area contributed by atoms with Crippen LogP contribution >= 0.6 is 0 Å². The Morgan fingerprint density at radius 3 is 2.84 bits per heavy atom. The Morgan fingerprint density at radius 1 is 1.23 bits per heavy atom. The molecule has 1 aliphatic carbocycles. The molecule has 2 aromatic carbocycles. The van der Waals surface area contributed by atoms with Crippen molar-refractivity contribution in [2.75, 3.05) is 13.1 Å². The highest BCUT2D eigenvalue weighted by molar-refractivity contribution is 5.92. The number of benzene rings is 2. The van der Waals surface area contributed by atoms with Crippen LogP contribution in [0.15, 0.2) is 60.8 Å². The largest absolute Gasteiger partial charge is 0.388 e. The van der Waals surface area contributed by atoms with E-state index in [0.717, 1.165) is 35.7 Å². The summed E-state index contributed by atoms with van der Waals surface area (Å²) in [6.07, 6.45) is 2.90. The van der Waals surface area contributed by atoms with E-state index in [-0.39, 0.29) is 17.0 Å². The minimum Gasteiger partial charge on any atom is -0.388 e. The first-order chi connectivity index (χ1) is 15.0. The van der Waals surface area contributed by atoms with Crippen LogP contribution in [0.4, 0.5) is 4.39 Å². The zero-order chi connectivity index (χ0) is 21.6. The first-order valence-corrected chi connectivity index (χ1v) is 10.8. The molecule has 2 aliphatic rings. The van der Waals surface area contributed by atoms with Gasteiger partial charge in [-0.25, -0.2) is 9.37 Å². The van der Waals surface area contributed by atoms with E-state index in [1.807, 2.05) is 6.07 Å². The summed E-state index contributed by atoms with van der Waals surface area (Å²) in [5.74, 6) is -0.643. The van der Waals surface area contributed by atoms with Gasteiger partial charge in [-0.2, -0.15) is 0 Å². The van der Waals surface area contributed by atoms with Crippen LogP contribution in [0.5, 0.6) is 0 Å². The molecule has 0 bridgehead atoms. The molecule has 31 heavy (non-hydrogen) atoms. The van der Waals surface area contributed by atoms with Crippen molar-refractivity contribution >= 4 is 5.91 Å². The number of rotatable bonds is 3. The van der Waals surface area contributed by atoms with Crippen LogP contribution in [0, 0.1) is 5.82 Å². The third kappa shape index (κ3) is 3.33. The minimum absolute atomic E-state index is 0.187. The Hall–Kier alpha value is -3.05. The van der Waals surface area contributed by atoms with Crippen LogP contribution in [0.2, 0.25) is 0 Å². The topological polar surface area (TPSA) is 53.4 Å². The van der Waals surface area contributed by atoms with Crippen molar-refractivity contribution in [1.29, 1.82) is 0 Å². The Balaban J connectivity index is 1.45. The summed E-state index contributed by atoms with van der Waals surface area (Å²) in [5.41, 5.74) is 5.73. The molecule has 1 N–H and O–H groups in total. The highest BCUT2D eigenvalue weighted by atomic mass is 19.1. The maximum Gasteiger partial charge on any atom is 0.272 e. The monoisotopic (exact) mass is 416 g/mol. The van der Waals surface area contributed by atoms with Gasteiger partial charge in [0.1, 0.15) is 11.5 Å². The first-order valence-electron chi connectivity index (χ1n) is 10.8. The van der Waals surface area contributed by atoms with Gasteiger partial charge in [-0.1, -0.05) is 43.3 Å². The van der Waals surface area contributed by atoms with Gasteiger partial charge in [0, 0.05) is 18.5 Å².